The summed E-state index contributed by atoms with van der Waals surface area (Å²) in [7, 11) is 0. The Hall–Kier alpha value is -0.520. The van der Waals surface area contributed by atoms with Gasteiger partial charge in [0.25, 0.3) is 0 Å². The van der Waals surface area contributed by atoms with E-state index in [0.29, 0.717) is 6.04 Å². The molecule has 90 valence electrons. The van der Waals surface area contributed by atoms with E-state index < -0.39 is 0 Å². The second kappa shape index (κ2) is 5.21. The minimum atomic E-state index is -0.138. The molecular weight excluding hydrogens is 222 g/mol. The number of rotatable bonds is 7. The molecule has 1 saturated carbocycles. The van der Waals surface area contributed by atoms with Gasteiger partial charge in [-0.3, -0.25) is 0 Å². The zero-order valence-electron chi connectivity index (χ0n) is 9.57. The van der Waals surface area contributed by atoms with Crippen LogP contribution in [0.15, 0.2) is 17.6 Å². The number of nitrogens with one attached hydrogen (secondary N) is 2. The lowest BCUT2D eigenvalue weighted by molar-refractivity contribution is 0.169. The number of hydrogen-bond donors (Lipinski definition) is 3. The van der Waals surface area contributed by atoms with Crippen molar-refractivity contribution >= 4 is 11.8 Å². The van der Waals surface area contributed by atoms with E-state index in [1.165, 1.54) is 12.8 Å². The Bertz CT molecular complexity index is 313. The van der Waals surface area contributed by atoms with E-state index >= 15 is 0 Å². The summed E-state index contributed by atoms with van der Waals surface area (Å²) >= 11 is 1.70. The summed E-state index contributed by atoms with van der Waals surface area (Å²) in [4.78, 5) is 7.22. The first-order valence-corrected chi connectivity index (χ1v) is 6.71. The molecule has 0 aliphatic heterocycles. The van der Waals surface area contributed by atoms with Gasteiger partial charge in [0.05, 0.1) is 6.61 Å². The first-order valence-electron chi connectivity index (χ1n) is 5.73. The second-order valence-electron chi connectivity index (χ2n) is 4.63. The van der Waals surface area contributed by atoms with Gasteiger partial charge in [-0.05, 0) is 26.2 Å². The number of H-pyrrole nitrogens is 1. The third-order valence-corrected chi connectivity index (χ3v) is 3.75. The highest BCUT2D eigenvalue weighted by Crippen LogP contribution is 2.25. The number of aliphatic hydroxyl groups is 1. The third-order valence-electron chi connectivity index (χ3n) is 2.84. The third kappa shape index (κ3) is 3.50. The van der Waals surface area contributed by atoms with Crippen molar-refractivity contribution in [2.24, 2.45) is 0 Å². The minimum Gasteiger partial charge on any atom is -0.394 e. The fourth-order valence-electron chi connectivity index (χ4n) is 1.62. The molecule has 1 aromatic rings. The molecule has 1 aliphatic carbocycles. The molecule has 3 N–H and O–H groups in total. The zero-order valence-corrected chi connectivity index (χ0v) is 10.4. The lowest BCUT2D eigenvalue weighted by Gasteiger charge is -2.28. The summed E-state index contributed by atoms with van der Waals surface area (Å²) in [6.45, 7) is 2.29. The Morgan fingerprint density at radius 3 is 3.06 bits per heavy atom. The van der Waals surface area contributed by atoms with E-state index in [1.54, 1.807) is 18.0 Å². The topological polar surface area (TPSA) is 60.9 Å². The second-order valence-corrected chi connectivity index (χ2v) is 5.71. The highest BCUT2D eigenvalue weighted by atomic mass is 32.2. The van der Waals surface area contributed by atoms with Crippen LogP contribution in [-0.2, 0) is 0 Å². The predicted octanol–water partition coefficient (Wildman–Crippen LogP) is 1.39. The summed E-state index contributed by atoms with van der Waals surface area (Å²) in [6.07, 6.45) is 7.04. The number of aromatic nitrogens is 2. The van der Waals surface area contributed by atoms with Gasteiger partial charge in [0.2, 0.25) is 0 Å². The van der Waals surface area contributed by atoms with E-state index in [2.05, 4.69) is 22.2 Å². The van der Waals surface area contributed by atoms with Crippen LogP contribution in [0.5, 0.6) is 0 Å². The molecule has 5 heteroatoms. The molecule has 4 nitrogen and oxygen atoms in total. The van der Waals surface area contributed by atoms with Crippen molar-refractivity contribution in [3.8, 4) is 0 Å². The van der Waals surface area contributed by atoms with Gasteiger partial charge in [-0.15, -0.1) is 0 Å². The van der Waals surface area contributed by atoms with Crippen molar-refractivity contribution in [3.63, 3.8) is 0 Å². The monoisotopic (exact) mass is 241 g/mol. The van der Waals surface area contributed by atoms with Gasteiger partial charge in [-0.1, -0.05) is 11.8 Å². The van der Waals surface area contributed by atoms with E-state index in [-0.39, 0.29) is 12.1 Å². The standard InChI is InChI=1S/C11H19N3OS/c1-11(8-15,14-9-2-3-9)4-7-16-10-12-5-6-13-10/h5-6,9,14-15H,2-4,7-8H2,1H3,(H,12,13). The number of nitrogens with zero attached hydrogens (tertiary/aromatic N) is 1. The molecular formula is C11H19N3OS. The Labute approximate surface area is 100 Å². The van der Waals surface area contributed by atoms with Gasteiger partial charge < -0.3 is 15.4 Å². The number of aliphatic hydroxyl groups excluding tert-OH is 1. The van der Waals surface area contributed by atoms with Gasteiger partial charge in [-0.25, -0.2) is 4.98 Å². The molecule has 0 aromatic carbocycles. The van der Waals surface area contributed by atoms with Crippen LogP contribution in [0.1, 0.15) is 26.2 Å². The van der Waals surface area contributed by atoms with E-state index in [9.17, 15) is 5.11 Å². The highest BCUT2D eigenvalue weighted by Gasteiger charge is 2.31. The van der Waals surface area contributed by atoms with Crippen molar-refractivity contribution in [2.75, 3.05) is 12.4 Å². The van der Waals surface area contributed by atoms with Gasteiger partial charge in [-0.2, -0.15) is 0 Å². The molecule has 1 fully saturated rings. The Morgan fingerprint density at radius 1 is 1.69 bits per heavy atom. The van der Waals surface area contributed by atoms with Gasteiger partial charge in [0.1, 0.15) is 0 Å². The van der Waals surface area contributed by atoms with Crippen LogP contribution in [-0.4, -0.2) is 39.0 Å². The van der Waals surface area contributed by atoms with Crippen LogP contribution < -0.4 is 5.32 Å². The van der Waals surface area contributed by atoms with E-state index in [1.807, 2.05) is 6.20 Å². The predicted molar refractivity (Wildman–Crippen MR) is 65.6 cm³/mol. The van der Waals surface area contributed by atoms with Crippen LogP contribution in [0.25, 0.3) is 0 Å². The molecule has 2 rings (SSSR count). The maximum absolute atomic E-state index is 9.42. The molecule has 0 radical (unpaired) electrons. The van der Waals surface area contributed by atoms with Gasteiger partial charge in [0.15, 0.2) is 5.16 Å². The zero-order chi connectivity index (χ0) is 11.4. The highest BCUT2D eigenvalue weighted by molar-refractivity contribution is 7.99. The van der Waals surface area contributed by atoms with E-state index in [4.69, 9.17) is 0 Å². The molecule has 1 atom stereocenters. The number of hydrogen-bond acceptors (Lipinski definition) is 4. The van der Waals surface area contributed by atoms with Crippen LogP contribution >= 0.6 is 11.8 Å². The normalized spacial score (nSPS) is 19.6. The van der Waals surface area contributed by atoms with Crippen LogP contribution in [0.3, 0.4) is 0 Å². The molecule has 0 bridgehead atoms. The molecule has 1 heterocycles. The maximum atomic E-state index is 9.42. The average molecular weight is 241 g/mol. The van der Waals surface area contributed by atoms with Crippen LogP contribution in [0.4, 0.5) is 0 Å². The van der Waals surface area contributed by atoms with Gasteiger partial charge in [0, 0.05) is 29.7 Å². The summed E-state index contributed by atoms with van der Waals surface area (Å²) in [5.74, 6) is 0.963. The lowest BCUT2D eigenvalue weighted by atomic mass is 10.0. The molecule has 1 aromatic heterocycles. The molecule has 1 unspecified atom stereocenters. The van der Waals surface area contributed by atoms with Crippen molar-refractivity contribution in [1.82, 2.24) is 15.3 Å². The van der Waals surface area contributed by atoms with Crippen LogP contribution in [0, 0.1) is 0 Å². The number of imidazole rings is 1. The Balaban J connectivity index is 1.73. The number of thioether (sulfide) groups is 1. The lowest BCUT2D eigenvalue weighted by Crippen LogP contribution is -2.47. The van der Waals surface area contributed by atoms with E-state index in [0.717, 1.165) is 17.3 Å². The average Bonchev–Trinajstić information content (AvgIpc) is 2.92. The SMILES string of the molecule is CC(CO)(CCSc1ncc[nH]1)NC1CC1. The molecule has 1 aliphatic rings. The first kappa shape index (κ1) is 12.0. The summed E-state index contributed by atoms with van der Waals surface area (Å²) in [5, 5.41) is 13.9. The molecule has 0 spiro atoms. The summed E-state index contributed by atoms with van der Waals surface area (Å²) in [6, 6.07) is 0.630. The smallest absolute Gasteiger partial charge is 0.165 e. The Kier molecular flexibility index (Phi) is 3.89. The van der Waals surface area contributed by atoms with Crippen molar-refractivity contribution in [3.05, 3.63) is 12.4 Å². The van der Waals surface area contributed by atoms with Crippen LogP contribution in [0.2, 0.25) is 0 Å². The molecule has 0 saturated heterocycles. The largest absolute Gasteiger partial charge is 0.394 e. The Morgan fingerprint density at radius 2 is 2.50 bits per heavy atom. The first-order chi connectivity index (χ1) is 7.72. The van der Waals surface area contributed by atoms with Gasteiger partial charge >= 0.3 is 0 Å². The summed E-state index contributed by atoms with van der Waals surface area (Å²) in [5.41, 5.74) is -0.138. The van der Waals surface area contributed by atoms with Crippen molar-refractivity contribution < 1.29 is 5.11 Å². The van der Waals surface area contributed by atoms with Crippen molar-refractivity contribution in [1.29, 1.82) is 0 Å². The summed E-state index contributed by atoms with van der Waals surface area (Å²) < 4.78 is 0. The number of aromatic amines is 1. The van der Waals surface area contributed by atoms with Crippen molar-refractivity contribution in [2.45, 2.75) is 42.9 Å². The maximum Gasteiger partial charge on any atom is 0.165 e. The fourth-order valence-corrected chi connectivity index (χ4v) is 2.65. The quantitative estimate of drug-likeness (QED) is 0.631. The minimum absolute atomic E-state index is 0.138. The molecule has 16 heavy (non-hydrogen) atoms. The fraction of sp³-hybridized carbons (Fsp3) is 0.727. The molecule has 0 amide bonds.